The summed E-state index contributed by atoms with van der Waals surface area (Å²) in [6.45, 7) is 2.79. The minimum atomic E-state index is 0.696. The van der Waals surface area contributed by atoms with Crippen molar-refractivity contribution in [3.05, 3.63) is 40.4 Å². The Hall–Kier alpha value is -1.88. The van der Waals surface area contributed by atoms with Gasteiger partial charge in [0, 0.05) is 19.2 Å². The molecule has 0 spiro atoms. The van der Waals surface area contributed by atoms with Gasteiger partial charge in [-0.15, -0.1) is 0 Å². The molecule has 0 bridgehead atoms. The normalized spacial score (nSPS) is 10.4. The number of aldehydes is 1. The van der Waals surface area contributed by atoms with Crippen LogP contribution in [-0.2, 0) is 13.0 Å². The van der Waals surface area contributed by atoms with E-state index >= 15 is 0 Å². The molecule has 0 radical (unpaired) electrons. The topological polar surface area (TPSA) is 42.4 Å². The molecule has 0 saturated carbocycles. The van der Waals surface area contributed by atoms with Crippen LogP contribution in [0.4, 0.5) is 5.13 Å². The number of methoxy groups -OCH3 is 1. The molecule has 21 heavy (non-hydrogen) atoms. The molecule has 2 aromatic rings. The lowest BCUT2D eigenvalue weighted by Crippen LogP contribution is -2.16. The van der Waals surface area contributed by atoms with Crippen molar-refractivity contribution in [1.29, 1.82) is 0 Å². The van der Waals surface area contributed by atoms with E-state index in [0.717, 1.165) is 46.1 Å². The number of hydrogen-bond acceptors (Lipinski definition) is 5. The largest absolute Gasteiger partial charge is 0.496 e. The Morgan fingerprint density at radius 3 is 2.81 bits per heavy atom. The van der Waals surface area contributed by atoms with E-state index in [1.807, 2.05) is 31.3 Å². The molecule has 1 aromatic carbocycles. The Morgan fingerprint density at radius 1 is 1.38 bits per heavy atom. The van der Waals surface area contributed by atoms with Gasteiger partial charge in [0.05, 0.1) is 17.7 Å². The molecule has 2 rings (SSSR count). The zero-order chi connectivity index (χ0) is 15.2. The van der Waals surface area contributed by atoms with Gasteiger partial charge >= 0.3 is 0 Å². The maximum Gasteiger partial charge on any atom is 0.186 e. The van der Waals surface area contributed by atoms with Crippen LogP contribution >= 0.6 is 11.3 Å². The molecule has 0 unspecified atom stereocenters. The number of carbonyl (C=O) groups excluding carboxylic acids is 1. The Bertz CT molecular complexity index is 610. The van der Waals surface area contributed by atoms with Crippen LogP contribution in [0.1, 0.15) is 34.3 Å². The van der Waals surface area contributed by atoms with Crippen LogP contribution in [0.15, 0.2) is 24.3 Å². The van der Waals surface area contributed by atoms with E-state index in [-0.39, 0.29) is 0 Å². The second kappa shape index (κ2) is 7.22. The maximum absolute atomic E-state index is 11.1. The van der Waals surface area contributed by atoms with Crippen LogP contribution in [0.3, 0.4) is 0 Å². The zero-order valence-corrected chi connectivity index (χ0v) is 13.4. The first kappa shape index (κ1) is 15.5. The zero-order valence-electron chi connectivity index (χ0n) is 12.6. The average Bonchev–Trinajstić information content (AvgIpc) is 2.91. The first-order valence-corrected chi connectivity index (χ1v) is 7.79. The number of para-hydroxylation sites is 1. The smallest absolute Gasteiger partial charge is 0.186 e. The molecule has 112 valence electrons. The van der Waals surface area contributed by atoms with Gasteiger partial charge in [-0.3, -0.25) is 4.79 Å². The monoisotopic (exact) mass is 304 g/mol. The lowest BCUT2D eigenvalue weighted by Gasteiger charge is -2.17. The van der Waals surface area contributed by atoms with Gasteiger partial charge < -0.3 is 9.64 Å². The molecule has 1 aromatic heterocycles. The molecule has 4 nitrogen and oxygen atoms in total. The van der Waals surface area contributed by atoms with Crippen LogP contribution < -0.4 is 9.64 Å². The molecule has 0 aliphatic carbocycles. The van der Waals surface area contributed by atoms with Crippen molar-refractivity contribution in [2.75, 3.05) is 19.1 Å². The number of anilines is 1. The minimum absolute atomic E-state index is 0.696. The summed E-state index contributed by atoms with van der Waals surface area (Å²) in [5, 5.41) is 0.867. The van der Waals surface area contributed by atoms with Gasteiger partial charge in [0.15, 0.2) is 11.4 Å². The van der Waals surface area contributed by atoms with E-state index in [1.54, 1.807) is 7.11 Å². The number of benzene rings is 1. The molecule has 0 aliphatic rings. The molecule has 0 fully saturated rings. The highest BCUT2D eigenvalue weighted by Crippen LogP contribution is 2.28. The number of thiazole rings is 1. The molecular weight excluding hydrogens is 284 g/mol. The Kier molecular flexibility index (Phi) is 5.33. The molecule has 0 saturated heterocycles. The minimum Gasteiger partial charge on any atom is -0.496 e. The maximum atomic E-state index is 11.1. The number of carbonyl (C=O) groups is 1. The van der Waals surface area contributed by atoms with E-state index in [4.69, 9.17) is 4.74 Å². The predicted molar refractivity (Wildman–Crippen MR) is 86.6 cm³/mol. The number of aryl methyl sites for hydroxylation is 1. The Morgan fingerprint density at radius 2 is 2.14 bits per heavy atom. The van der Waals surface area contributed by atoms with Crippen molar-refractivity contribution in [3.8, 4) is 5.75 Å². The molecule has 5 heteroatoms. The summed E-state index contributed by atoms with van der Waals surface area (Å²) in [6, 6.07) is 7.93. The molecule has 0 amide bonds. The van der Waals surface area contributed by atoms with Crippen molar-refractivity contribution in [3.63, 3.8) is 0 Å². The lowest BCUT2D eigenvalue weighted by molar-refractivity contribution is 0.112. The highest BCUT2D eigenvalue weighted by Gasteiger charge is 2.14. The van der Waals surface area contributed by atoms with Gasteiger partial charge in [0.25, 0.3) is 0 Å². The van der Waals surface area contributed by atoms with E-state index in [0.29, 0.717) is 6.54 Å². The highest BCUT2D eigenvalue weighted by molar-refractivity contribution is 7.17. The van der Waals surface area contributed by atoms with E-state index in [1.165, 1.54) is 11.3 Å². The molecule has 0 aliphatic heterocycles. The average molecular weight is 304 g/mol. The number of hydrogen-bond donors (Lipinski definition) is 0. The lowest BCUT2D eigenvalue weighted by atomic mass is 10.2. The molecule has 0 atom stereocenters. The SMILES string of the molecule is CCCc1nc(N(C)Cc2ccccc2OC)sc1C=O. The van der Waals surface area contributed by atoms with E-state index < -0.39 is 0 Å². The summed E-state index contributed by atoms with van der Waals surface area (Å²) in [4.78, 5) is 18.5. The first-order valence-electron chi connectivity index (χ1n) is 6.97. The summed E-state index contributed by atoms with van der Waals surface area (Å²) in [7, 11) is 3.65. The van der Waals surface area contributed by atoms with Crippen molar-refractivity contribution < 1.29 is 9.53 Å². The third-order valence-electron chi connectivity index (χ3n) is 3.24. The molecule has 1 heterocycles. The van der Waals surface area contributed by atoms with Gasteiger partial charge in [0.1, 0.15) is 5.75 Å². The van der Waals surface area contributed by atoms with E-state index in [2.05, 4.69) is 16.8 Å². The number of aromatic nitrogens is 1. The third-order valence-corrected chi connectivity index (χ3v) is 4.37. The van der Waals surface area contributed by atoms with E-state index in [9.17, 15) is 4.79 Å². The fourth-order valence-electron chi connectivity index (χ4n) is 2.18. The highest BCUT2D eigenvalue weighted by atomic mass is 32.1. The third kappa shape index (κ3) is 3.61. The fourth-order valence-corrected chi connectivity index (χ4v) is 3.07. The summed E-state index contributed by atoms with van der Waals surface area (Å²) in [5.74, 6) is 0.866. The molecular formula is C16H20N2O2S. The van der Waals surface area contributed by atoms with Crippen molar-refractivity contribution in [1.82, 2.24) is 4.98 Å². The first-order chi connectivity index (χ1) is 10.2. The standard InChI is InChI=1S/C16H20N2O2S/c1-4-7-13-15(11-19)21-16(17-13)18(2)10-12-8-5-6-9-14(12)20-3/h5-6,8-9,11H,4,7,10H2,1-3H3. The van der Waals surface area contributed by atoms with Crippen molar-refractivity contribution in [2.24, 2.45) is 0 Å². The van der Waals surface area contributed by atoms with Gasteiger partial charge in [-0.1, -0.05) is 42.9 Å². The fraction of sp³-hybridized carbons (Fsp3) is 0.375. The van der Waals surface area contributed by atoms with Crippen LogP contribution in [0.5, 0.6) is 5.75 Å². The van der Waals surface area contributed by atoms with Crippen LogP contribution in [0.2, 0.25) is 0 Å². The second-order valence-electron chi connectivity index (χ2n) is 4.84. The molecule has 0 N–H and O–H groups in total. The predicted octanol–water partition coefficient (Wildman–Crippen LogP) is 3.55. The second-order valence-corrected chi connectivity index (χ2v) is 5.85. The van der Waals surface area contributed by atoms with Gasteiger partial charge in [-0.25, -0.2) is 4.98 Å². The van der Waals surface area contributed by atoms with Gasteiger partial charge in [0.2, 0.25) is 0 Å². The summed E-state index contributed by atoms with van der Waals surface area (Å²) in [6.07, 6.45) is 2.73. The summed E-state index contributed by atoms with van der Waals surface area (Å²) >= 11 is 1.45. The Balaban J connectivity index is 2.20. The number of ether oxygens (including phenoxy) is 1. The van der Waals surface area contributed by atoms with Crippen LogP contribution in [0, 0.1) is 0 Å². The van der Waals surface area contributed by atoms with Crippen molar-refractivity contribution >= 4 is 22.8 Å². The summed E-state index contributed by atoms with van der Waals surface area (Å²) in [5.41, 5.74) is 2.00. The quantitative estimate of drug-likeness (QED) is 0.734. The van der Waals surface area contributed by atoms with Crippen molar-refractivity contribution in [2.45, 2.75) is 26.3 Å². The van der Waals surface area contributed by atoms with Crippen LogP contribution in [0.25, 0.3) is 0 Å². The van der Waals surface area contributed by atoms with Gasteiger partial charge in [-0.2, -0.15) is 0 Å². The Labute approximate surface area is 129 Å². The number of rotatable bonds is 7. The summed E-state index contributed by atoms with van der Waals surface area (Å²) < 4.78 is 5.37. The van der Waals surface area contributed by atoms with Crippen LogP contribution in [-0.4, -0.2) is 25.4 Å². The van der Waals surface area contributed by atoms with Gasteiger partial charge in [-0.05, 0) is 12.5 Å². The number of nitrogens with zero attached hydrogens (tertiary/aromatic N) is 2.